The van der Waals surface area contributed by atoms with E-state index >= 15 is 0 Å². The van der Waals surface area contributed by atoms with Gasteiger partial charge in [0.1, 0.15) is 0 Å². The number of aliphatic carboxylic acids is 1. The lowest BCUT2D eigenvalue weighted by molar-refractivity contribution is -0.159. The first-order valence-electron chi connectivity index (χ1n) is 6.40. The summed E-state index contributed by atoms with van der Waals surface area (Å²) >= 11 is 0. The second-order valence-electron chi connectivity index (χ2n) is 4.64. The molecule has 9 heteroatoms. The molecule has 1 amide bonds. The number of amides is 1. The molecule has 0 aliphatic carbocycles. The summed E-state index contributed by atoms with van der Waals surface area (Å²) in [6, 6.07) is -0.918. The SMILES string of the molecule is CCCS(=O)(=O)NC(C)C(=O)N1CCOC(C(=O)O)C1. The highest BCUT2D eigenvalue weighted by Gasteiger charge is 2.32. The van der Waals surface area contributed by atoms with Gasteiger partial charge in [-0.1, -0.05) is 6.92 Å². The van der Waals surface area contributed by atoms with Gasteiger partial charge < -0.3 is 14.7 Å². The zero-order chi connectivity index (χ0) is 15.3. The summed E-state index contributed by atoms with van der Waals surface area (Å²) in [5, 5.41) is 8.86. The minimum atomic E-state index is -3.49. The van der Waals surface area contributed by atoms with Gasteiger partial charge in [-0.25, -0.2) is 17.9 Å². The number of morpholine rings is 1. The fourth-order valence-corrected chi connectivity index (χ4v) is 3.21. The third-order valence-electron chi connectivity index (χ3n) is 2.85. The van der Waals surface area contributed by atoms with Gasteiger partial charge in [-0.05, 0) is 13.3 Å². The summed E-state index contributed by atoms with van der Waals surface area (Å²) in [6.07, 6.45) is -0.610. The topological polar surface area (TPSA) is 113 Å². The Balaban J connectivity index is 2.62. The number of carbonyl (C=O) groups excluding carboxylic acids is 1. The van der Waals surface area contributed by atoms with E-state index in [0.717, 1.165) is 0 Å². The number of carboxylic acids is 1. The van der Waals surface area contributed by atoms with Crippen LogP contribution in [0.25, 0.3) is 0 Å². The zero-order valence-electron chi connectivity index (χ0n) is 11.5. The van der Waals surface area contributed by atoms with Gasteiger partial charge in [0.05, 0.1) is 24.9 Å². The molecule has 0 aromatic carbocycles. The van der Waals surface area contributed by atoms with Crippen molar-refractivity contribution in [2.75, 3.05) is 25.4 Å². The minimum Gasteiger partial charge on any atom is -0.479 e. The largest absolute Gasteiger partial charge is 0.479 e. The predicted molar refractivity (Wildman–Crippen MR) is 70.6 cm³/mol. The van der Waals surface area contributed by atoms with Crippen molar-refractivity contribution < 1.29 is 27.9 Å². The second kappa shape index (κ2) is 7.00. The fourth-order valence-electron chi connectivity index (χ4n) is 1.92. The van der Waals surface area contributed by atoms with Crippen molar-refractivity contribution in [2.45, 2.75) is 32.4 Å². The van der Waals surface area contributed by atoms with E-state index in [1.807, 2.05) is 0 Å². The molecule has 1 aliphatic rings. The van der Waals surface area contributed by atoms with E-state index in [0.29, 0.717) is 6.42 Å². The Morgan fingerprint density at radius 3 is 2.70 bits per heavy atom. The van der Waals surface area contributed by atoms with Gasteiger partial charge in [0.15, 0.2) is 6.10 Å². The lowest BCUT2D eigenvalue weighted by atomic mass is 10.2. The van der Waals surface area contributed by atoms with E-state index in [9.17, 15) is 18.0 Å². The van der Waals surface area contributed by atoms with Crippen molar-refractivity contribution in [3.05, 3.63) is 0 Å². The van der Waals surface area contributed by atoms with Crippen molar-refractivity contribution in [3.63, 3.8) is 0 Å². The van der Waals surface area contributed by atoms with Crippen molar-refractivity contribution >= 4 is 21.9 Å². The molecule has 1 aliphatic heterocycles. The zero-order valence-corrected chi connectivity index (χ0v) is 12.4. The molecule has 8 nitrogen and oxygen atoms in total. The average Bonchev–Trinajstić information content (AvgIpc) is 2.37. The number of carboxylic acid groups (broad SMARTS) is 1. The number of sulfonamides is 1. The molecule has 20 heavy (non-hydrogen) atoms. The number of carbonyl (C=O) groups is 2. The molecule has 1 rings (SSSR count). The van der Waals surface area contributed by atoms with Crippen LogP contribution in [0, 0.1) is 0 Å². The molecule has 2 atom stereocenters. The van der Waals surface area contributed by atoms with Crippen molar-refractivity contribution in [1.82, 2.24) is 9.62 Å². The maximum absolute atomic E-state index is 12.1. The number of hydrogen-bond acceptors (Lipinski definition) is 5. The van der Waals surface area contributed by atoms with E-state index in [1.165, 1.54) is 11.8 Å². The Labute approximate surface area is 118 Å². The molecule has 0 spiro atoms. The quantitative estimate of drug-likeness (QED) is 0.652. The molecule has 0 saturated carbocycles. The number of hydrogen-bond donors (Lipinski definition) is 2. The van der Waals surface area contributed by atoms with Gasteiger partial charge in [0.2, 0.25) is 15.9 Å². The van der Waals surface area contributed by atoms with Crippen molar-refractivity contribution in [1.29, 1.82) is 0 Å². The van der Waals surface area contributed by atoms with Gasteiger partial charge >= 0.3 is 5.97 Å². The Morgan fingerprint density at radius 1 is 1.50 bits per heavy atom. The summed E-state index contributed by atoms with van der Waals surface area (Å²) in [5.41, 5.74) is 0. The minimum absolute atomic E-state index is 0.0501. The van der Waals surface area contributed by atoms with Crippen LogP contribution in [0.3, 0.4) is 0 Å². The number of ether oxygens (including phenoxy) is 1. The van der Waals surface area contributed by atoms with Gasteiger partial charge in [-0.2, -0.15) is 0 Å². The number of nitrogens with one attached hydrogen (secondary N) is 1. The highest BCUT2D eigenvalue weighted by molar-refractivity contribution is 7.89. The predicted octanol–water partition coefficient (Wildman–Crippen LogP) is -0.984. The molecule has 1 heterocycles. The molecule has 1 fully saturated rings. The molecule has 2 unspecified atom stereocenters. The maximum Gasteiger partial charge on any atom is 0.334 e. The van der Waals surface area contributed by atoms with Crippen LogP contribution >= 0.6 is 0 Å². The normalized spacial score (nSPS) is 21.5. The average molecular weight is 308 g/mol. The summed E-state index contributed by atoms with van der Waals surface area (Å²) < 4.78 is 30.5. The van der Waals surface area contributed by atoms with Gasteiger partial charge in [0, 0.05) is 6.54 Å². The van der Waals surface area contributed by atoms with Crippen LogP contribution in [0.1, 0.15) is 20.3 Å². The summed E-state index contributed by atoms with van der Waals surface area (Å²) in [5.74, 6) is -1.63. The standard InChI is InChI=1S/C11H20N2O6S/c1-3-6-20(17,18)12-8(2)10(14)13-4-5-19-9(7-13)11(15)16/h8-9,12H,3-7H2,1-2H3,(H,15,16). The van der Waals surface area contributed by atoms with E-state index in [4.69, 9.17) is 9.84 Å². The number of nitrogens with zero attached hydrogens (tertiary/aromatic N) is 1. The van der Waals surface area contributed by atoms with E-state index in [-0.39, 0.29) is 25.4 Å². The van der Waals surface area contributed by atoms with Crippen LogP contribution in [0.15, 0.2) is 0 Å². The highest BCUT2D eigenvalue weighted by atomic mass is 32.2. The molecular weight excluding hydrogens is 288 g/mol. The molecule has 2 N–H and O–H groups in total. The van der Waals surface area contributed by atoms with Gasteiger partial charge in [0.25, 0.3) is 0 Å². The van der Waals surface area contributed by atoms with Crippen molar-refractivity contribution in [2.24, 2.45) is 0 Å². The molecule has 0 bridgehead atoms. The fraction of sp³-hybridized carbons (Fsp3) is 0.818. The molecule has 0 aromatic heterocycles. The summed E-state index contributed by atoms with van der Waals surface area (Å²) in [7, 11) is -3.49. The van der Waals surface area contributed by atoms with Crippen LogP contribution < -0.4 is 4.72 Å². The van der Waals surface area contributed by atoms with Crippen molar-refractivity contribution in [3.8, 4) is 0 Å². The Hall–Kier alpha value is -1.19. The first-order chi connectivity index (χ1) is 9.26. The molecular formula is C11H20N2O6S. The van der Waals surface area contributed by atoms with Gasteiger partial charge in [-0.3, -0.25) is 4.79 Å². The van der Waals surface area contributed by atoms with Crippen LogP contribution in [0.2, 0.25) is 0 Å². The Kier molecular flexibility index (Phi) is 5.90. The maximum atomic E-state index is 12.1. The van der Waals surface area contributed by atoms with E-state index in [1.54, 1.807) is 6.92 Å². The summed E-state index contributed by atoms with van der Waals surface area (Å²) in [4.78, 5) is 24.2. The monoisotopic (exact) mass is 308 g/mol. The molecule has 116 valence electrons. The molecule has 1 saturated heterocycles. The lowest BCUT2D eigenvalue weighted by Gasteiger charge is -2.32. The third-order valence-corrected chi connectivity index (χ3v) is 4.51. The van der Waals surface area contributed by atoms with E-state index < -0.39 is 34.0 Å². The smallest absolute Gasteiger partial charge is 0.334 e. The first-order valence-corrected chi connectivity index (χ1v) is 8.05. The lowest BCUT2D eigenvalue weighted by Crippen LogP contribution is -2.54. The van der Waals surface area contributed by atoms with E-state index in [2.05, 4.69) is 4.72 Å². The van der Waals surface area contributed by atoms with Crippen LogP contribution in [0.4, 0.5) is 0 Å². The number of rotatable bonds is 6. The van der Waals surface area contributed by atoms with Gasteiger partial charge in [-0.15, -0.1) is 0 Å². The van der Waals surface area contributed by atoms with Crippen LogP contribution in [0.5, 0.6) is 0 Å². The first kappa shape index (κ1) is 16.9. The van der Waals surface area contributed by atoms with Crippen LogP contribution in [-0.2, 0) is 24.3 Å². The van der Waals surface area contributed by atoms with Crippen LogP contribution in [-0.4, -0.2) is 67.9 Å². The molecule has 0 aromatic rings. The Bertz CT molecular complexity index is 464. The Morgan fingerprint density at radius 2 is 2.15 bits per heavy atom. The third kappa shape index (κ3) is 4.73. The highest BCUT2D eigenvalue weighted by Crippen LogP contribution is 2.08. The summed E-state index contributed by atoms with van der Waals surface area (Å²) in [6.45, 7) is 3.47. The second-order valence-corrected chi connectivity index (χ2v) is 6.51. The molecule has 0 radical (unpaired) electrons.